The number of hydrogen-bond acceptors (Lipinski definition) is 10. The molecule has 0 aliphatic heterocycles. The Morgan fingerprint density at radius 3 is 2.36 bits per heavy atom. The van der Waals surface area contributed by atoms with Crippen LogP contribution in [0.3, 0.4) is 0 Å². The molecule has 0 bridgehead atoms. The minimum Gasteiger partial charge on any atom is -0.511 e. The number of nitrogens with one attached hydrogen (secondary N) is 1. The summed E-state index contributed by atoms with van der Waals surface area (Å²) in [5.74, 6) is -7.34. The monoisotopic (exact) mass is 617 g/mol. The SMILES string of the molecule is CN(C)c1cc(CNCc2ccc(OC(F)(F)F)cc2)c(O)c2c1C[C@H]1C[C@H]3CC(O)=C(C(N)=O)C(=O)[C@@]3(O)C(O)=C1C2=O. The fourth-order valence-electron chi connectivity index (χ4n) is 6.41. The van der Waals surface area contributed by atoms with E-state index in [4.69, 9.17) is 5.73 Å². The Morgan fingerprint density at radius 2 is 1.77 bits per heavy atom. The summed E-state index contributed by atoms with van der Waals surface area (Å²) in [5, 5.41) is 47.4. The lowest BCUT2D eigenvalue weighted by molar-refractivity contribution is -0.274. The molecule has 3 atom stereocenters. The first-order valence-electron chi connectivity index (χ1n) is 13.6. The van der Waals surface area contributed by atoms with Crippen LogP contribution >= 0.6 is 0 Å². The predicted octanol–water partition coefficient (Wildman–Crippen LogP) is 2.83. The molecule has 234 valence electrons. The number of halogens is 3. The maximum Gasteiger partial charge on any atom is 0.573 e. The number of aliphatic hydroxyl groups excluding tert-OH is 2. The predicted molar refractivity (Wildman–Crippen MR) is 149 cm³/mol. The molecule has 0 fully saturated rings. The van der Waals surface area contributed by atoms with E-state index in [-0.39, 0.29) is 55.0 Å². The van der Waals surface area contributed by atoms with Crippen LogP contribution in [0, 0.1) is 11.8 Å². The molecular weight excluding hydrogens is 587 g/mol. The van der Waals surface area contributed by atoms with Crippen LogP contribution in [-0.2, 0) is 29.1 Å². The Hall–Kier alpha value is -4.56. The van der Waals surface area contributed by atoms with Crippen LogP contribution in [0.1, 0.15) is 39.9 Å². The third-order valence-corrected chi connectivity index (χ3v) is 8.40. The van der Waals surface area contributed by atoms with E-state index >= 15 is 0 Å². The second-order valence-electron chi connectivity index (χ2n) is 11.4. The highest BCUT2D eigenvalue weighted by Gasteiger charge is 2.59. The van der Waals surface area contributed by atoms with Gasteiger partial charge in [-0.25, -0.2) is 0 Å². The molecule has 14 heteroatoms. The second kappa shape index (κ2) is 10.9. The van der Waals surface area contributed by atoms with Crippen LogP contribution < -0.4 is 20.7 Å². The van der Waals surface area contributed by atoms with Gasteiger partial charge in [-0.15, -0.1) is 13.2 Å². The van der Waals surface area contributed by atoms with Crippen LogP contribution in [0.2, 0.25) is 0 Å². The molecule has 3 aliphatic rings. The van der Waals surface area contributed by atoms with Crippen molar-refractivity contribution in [1.29, 1.82) is 0 Å². The molecule has 2 aromatic carbocycles. The molecule has 0 unspecified atom stereocenters. The number of allylic oxidation sites excluding steroid dienone is 2. The van der Waals surface area contributed by atoms with Gasteiger partial charge in [0.25, 0.3) is 5.91 Å². The third kappa shape index (κ3) is 5.13. The number of carbonyl (C=O) groups excluding carboxylic acids is 3. The van der Waals surface area contributed by atoms with Crippen molar-refractivity contribution in [2.24, 2.45) is 17.6 Å². The van der Waals surface area contributed by atoms with E-state index in [2.05, 4.69) is 10.1 Å². The largest absolute Gasteiger partial charge is 0.573 e. The average molecular weight is 618 g/mol. The first-order chi connectivity index (χ1) is 20.5. The van der Waals surface area contributed by atoms with E-state index in [1.165, 1.54) is 24.3 Å². The molecule has 1 amide bonds. The number of aromatic hydroxyl groups is 1. The lowest BCUT2D eigenvalue weighted by Gasteiger charge is -2.46. The molecule has 0 aromatic heterocycles. The van der Waals surface area contributed by atoms with Crippen molar-refractivity contribution in [3.8, 4) is 11.5 Å². The van der Waals surface area contributed by atoms with E-state index in [9.17, 15) is 48.0 Å². The van der Waals surface area contributed by atoms with E-state index in [0.29, 0.717) is 22.4 Å². The van der Waals surface area contributed by atoms with Crippen LogP contribution in [0.25, 0.3) is 0 Å². The number of carbonyl (C=O) groups is 3. The molecule has 44 heavy (non-hydrogen) atoms. The number of benzene rings is 2. The van der Waals surface area contributed by atoms with Gasteiger partial charge in [-0.2, -0.15) is 0 Å². The van der Waals surface area contributed by atoms with E-state index < -0.39 is 58.4 Å². The summed E-state index contributed by atoms with van der Waals surface area (Å²) >= 11 is 0. The minimum atomic E-state index is -4.81. The molecule has 2 aromatic rings. The van der Waals surface area contributed by atoms with Gasteiger partial charge in [-0.3, -0.25) is 14.4 Å². The molecule has 0 radical (unpaired) electrons. The Morgan fingerprint density at radius 1 is 1.11 bits per heavy atom. The highest BCUT2D eigenvalue weighted by Crippen LogP contribution is 2.52. The Labute approximate surface area is 249 Å². The summed E-state index contributed by atoms with van der Waals surface area (Å²) < 4.78 is 41.2. The summed E-state index contributed by atoms with van der Waals surface area (Å²) in [6, 6.07) is 6.92. The number of phenols is 1. The van der Waals surface area contributed by atoms with Gasteiger partial charge in [0.2, 0.25) is 5.78 Å². The van der Waals surface area contributed by atoms with E-state index in [1.807, 2.05) is 0 Å². The average Bonchev–Trinajstić information content (AvgIpc) is 2.91. The van der Waals surface area contributed by atoms with Gasteiger partial charge in [0, 0.05) is 56.3 Å². The van der Waals surface area contributed by atoms with Crippen molar-refractivity contribution in [3.05, 3.63) is 75.3 Å². The van der Waals surface area contributed by atoms with Crippen molar-refractivity contribution in [3.63, 3.8) is 0 Å². The number of anilines is 1. The number of primary amides is 1. The van der Waals surface area contributed by atoms with Crippen molar-refractivity contribution in [2.75, 3.05) is 19.0 Å². The fourth-order valence-corrected chi connectivity index (χ4v) is 6.41. The first-order valence-corrected chi connectivity index (χ1v) is 13.6. The summed E-state index contributed by atoms with van der Waals surface area (Å²) in [7, 11) is 3.49. The molecule has 11 nitrogen and oxygen atoms in total. The standard InChI is InChI=1S/C30H30F3N3O8/c1-36(2)19-9-15(12-35-11-13-3-5-17(6-4-13)44-30(31,32)33)24(38)22-18(19)8-14-7-16-10-20(37)23(28(34)42)27(41)29(16,43)26(40)21(14)25(22)39/h3-6,9,14,16,35,37-38,40,43H,7-8,10-12H2,1-2H3,(H2,34,42)/t14-,16+,29+/m1/s1. The number of alkyl halides is 3. The lowest BCUT2D eigenvalue weighted by atomic mass is 9.60. The van der Waals surface area contributed by atoms with Crippen molar-refractivity contribution < 1.29 is 52.7 Å². The zero-order valence-corrected chi connectivity index (χ0v) is 23.7. The first kappa shape index (κ1) is 30.9. The number of nitrogens with zero attached hydrogens (tertiary/aromatic N) is 1. The summed E-state index contributed by atoms with van der Waals surface area (Å²) in [6.45, 7) is 0.236. The highest BCUT2D eigenvalue weighted by molar-refractivity contribution is 6.24. The second-order valence-corrected chi connectivity index (χ2v) is 11.4. The maximum absolute atomic E-state index is 14.0. The molecular formula is C30H30F3N3O8. The van der Waals surface area contributed by atoms with Gasteiger partial charge in [0.05, 0.1) is 5.56 Å². The zero-order chi connectivity index (χ0) is 32.3. The molecule has 0 saturated carbocycles. The number of hydrogen-bond donors (Lipinski definition) is 6. The number of fused-ring (bicyclic) bond motifs is 3. The Bertz CT molecular complexity index is 1630. The van der Waals surface area contributed by atoms with E-state index in [0.717, 1.165) is 0 Å². The third-order valence-electron chi connectivity index (χ3n) is 8.40. The maximum atomic E-state index is 14.0. The Kier molecular flexibility index (Phi) is 7.62. The number of aliphatic hydroxyl groups is 3. The smallest absolute Gasteiger partial charge is 0.511 e. The minimum absolute atomic E-state index is 0.0205. The number of Topliss-reactive ketones (excluding diaryl/α,β-unsaturated/α-hetero) is 2. The van der Waals surface area contributed by atoms with Gasteiger partial charge in [-0.1, -0.05) is 12.1 Å². The van der Waals surface area contributed by atoms with Crippen LogP contribution in [0.5, 0.6) is 11.5 Å². The number of ketones is 2. The van der Waals surface area contributed by atoms with Crippen molar-refractivity contribution in [1.82, 2.24) is 5.32 Å². The zero-order valence-electron chi connectivity index (χ0n) is 23.7. The molecule has 0 spiro atoms. The van der Waals surface area contributed by atoms with Crippen molar-refractivity contribution >= 4 is 23.2 Å². The molecule has 5 rings (SSSR count). The van der Waals surface area contributed by atoms with Gasteiger partial charge >= 0.3 is 6.36 Å². The van der Waals surface area contributed by atoms with Gasteiger partial charge in [0.15, 0.2) is 11.4 Å². The normalized spacial score (nSPS) is 23.2. The number of amides is 1. The summed E-state index contributed by atoms with van der Waals surface area (Å²) in [5.41, 5.74) is 3.39. The molecule has 0 saturated heterocycles. The quantitative estimate of drug-likeness (QED) is 0.253. The molecule has 7 N–H and O–H groups in total. The van der Waals surface area contributed by atoms with Crippen LogP contribution in [0.15, 0.2) is 53.0 Å². The number of rotatable bonds is 7. The van der Waals surface area contributed by atoms with Crippen LogP contribution in [0.4, 0.5) is 18.9 Å². The number of nitrogens with two attached hydrogens (primary N) is 1. The van der Waals surface area contributed by atoms with Gasteiger partial charge in [0.1, 0.15) is 28.6 Å². The van der Waals surface area contributed by atoms with Crippen LogP contribution in [-0.4, -0.2) is 64.0 Å². The lowest BCUT2D eigenvalue weighted by Crippen LogP contribution is -2.57. The number of ether oxygens (including phenoxy) is 1. The topological polar surface area (TPSA) is 183 Å². The molecule has 3 aliphatic carbocycles. The van der Waals surface area contributed by atoms with Gasteiger partial charge < -0.3 is 41.1 Å². The fraction of sp³-hybridized carbons (Fsp3) is 0.367. The number of phenolic OH excluding ortho intramolecular Hbond substituents is 1. The van der Waals surface area contributed by atoms with E-state index in [1.54, 1.807) is 25.1 Å². The molecule has 0 heterocycles. The Balaban J connectivity index is 1.46. The van der Waals surface area contributed by atoms with Crippen molar-refractivity contribution in [2.45, 2.75) is 44.3 Å². The highest BCUT2D eigenvalue weighted by atomic mass is 19.4. The van der Waals surface area contributed by atoms with Gasteiger partial charge in [-0.05, 0) is 48.1 Å². The summed E-state index contributed by atoms with van der Waals surface area (Å²) in [6.07, 6.45) is -4.94. The summed E-state index contributed by atoms with van der Waals surface area (Å²) in [4.78, 5) is 40.7.